The maximum atomic E-state index is 12.1. The Hall–Kier alpha value is -2.50. The molecule has 1 aliphatic carbocycles. The molecule has 0 aliphatic heterocycles. The molecule has 2 amide bonds. The number of benzene rings is 1. The molecule has 1 aromatic carbocycles. The van der Waals surface area contributed by atoms with Crippen LogP contribution in [0.4, 0.5) is 0 Å². The molecule has 0 aromatic heterocycles. The third-order valence-corrected chi connectivity index (χ3v) is 4.05. The second-order valence-corrected chi connectivity index (χ2v) is 5.71. The molecule has 2 unspecified atom stereocenters. The maximum Gasteiger partial charge on any atom is 0.224 e. The summed E-state index contributed by atoms with van der Waals surface area (Å²) in [5.74, 6) is 0.800. The van der Waals surface area contributed by atoms with Gasteiger partial charge in [-0.25, -0.2) is 0 Å². The van der Waals surface area contributed by atoms with Gasteiger partial charge in [-0.1, -0.05) is 12.1 Å². The Labute approximate surface area is 142 Å². The van der Waals surface area contributed by atoms with Crippen LogP contribution >= 0.6 is 0 Å². The quantitative estimate of drug-likeness (QED) is 0.668. The molecule has 0 spiro atoms. The highest BCUT2D eigenvalue weighted by atomic mass is 16.5. The molecular formula is C18H24N2O4. The van der Waals surface area contributed by atoms with E-state index in [2.05, 4.69) is 17.2 Å². The SMILES string of the molecule is C=CCNC(=O)C1CC1C(=O)NCCc1ccc(OC)c(OC)c1. The number of carbonyl (C=O) groups is 2. The summed E-state index contributed by atoms with van der Waals surface area (Å²) in [4.78, 5) is 23.8. The molecule has 0 bridgehead atoms. The van der Waals surface area contributed by atoms with E-state index in [1.165, 1.54) is 0 Å². The first-order valence-corrected chi connectivity index (χ1v) is 7.98. The van der Waals surface area contributed by atoms with Crippen molar-refractivity contribution in [2.24, 2.45) is 11.8 Å². The largest absolute Gasteiger partial charge is 0.493 e. The fourth-order valence-corrected chi connectivity index (χ4v) is 2.58. The highest BCUT2D eigenvalue weighted by Gasteiger charge is 2.47. The minimum Gasteiger partial charge on any atom is -0.493 e. The van der Waals surface area contributed by atoms with Crippen molar-refractivity contribution in [3.8, 4) is 11.5 Å². The highest BCUT2D eigenvalue weighted by molar-refractivity contribution is 5.92. The molecular weight excluding hydrogens is 308 g/mol. The Morgan fingerprint density at radius 3 is 2.46 bits per heavy atom. The van der Waals surface area contributed by atoms with Crippen LogP contribution in [0.1, 0.15) is 12.0 Å². The van der Waals surface area contributed by atoms with Gasteiger partial charge < -0.3 is 20.1 Å². The first kappa shape index (κ1) is 17.8. The lowest BCUT2D eigenvalue weighted by molar-refractivity contribution is -0.127. The molecule has 0 heterocycles. The average molecular weight is 332 g/mol. The van der Waals surface area contributed by atoms with Crippen LogP contribution in [0.25, 0.3) is 0 Å². The van der Waals surface area contributed by atoms with E-state index in [1.54, 1.807) is 20.3 Å². The Kier molecular flexibility index (Phi) is 6.23. The zero-order valence-corrected chi connectivity index (χ0v) is 14.1. The lowest BCUT2D eigenvalue weighted by Gasteiger charge is -2.10. The van der Waals surface area contributed by atoms with E-state index in [9.17, 15) is 9.59 Å². The summed E-state index contributed by atoms with van der Waals surface area (Å²) in [7, 11) is 3.18. The molecule has 1 fully saturated rings. The number of carbonyl (C=O) groups excluding carboxylic acids is 2. The van der Waals surface area contributed by atoms with Gasteiger partial charge in [0.15, 0.2) is 11.5 Å². The number of hydrogen-bond donors (Lipinski definition) is 2. The smallest absolute Gasteiger partial charge is 0.224 e. The van der Waals surface area contributed by atoms with Gasteiger partial charge in [-0.3, -0.25) is 9.59 Å². The van der Waals surface area contributed by atoms with E-state index < -0.39 is 0 Å². The topological polar surface area (TPSA) is 76.7 Å². The van der Waals surface area contributed by atoms with Crippen LogP contribution < -0.4 is 20.1 Å². The molecule has 2 N–H and O–H groups in total. The van der Waals surface area contributed by atoms with Crippen molar-refractivity contribution in [1.29, 1.82) is 0 Å². The van der Waals surface area contributed by atoms with Gasteiger partial charge in [0, 0.05) is 13.1 Å². The normalized spacial score (nSPS) is 18.4. The summed E-state index contributed by atoms with van der Waals surface area (Å²) in [6, 6.07) is 5.68. The number of rotatable bonds is 9. The first-order valence-electron chi connectivity index (χ1n) is 7.98. The summed E-state index contributed by atoms with van der Waals surface area (Å²) in [5, 5.41) is 5.61. The average Bonchev–Trinajstić information content (AvgIpc) is 3.40. The van der Waals surface area contributed by atoms with Crippen LogP contribution in [0.3, 0.4) is 0 Å². The molecule has 130 valence electrons. The summed E-state index contributed by atoms with van der Waals surface area (Å²) in [5.41, 5.74) is 1.05. The predicted octanol–water partition coefficient (Wildman–Crippen LogP) is 1.30. The molecule has 1 saturated carbocycles. The minimum absolute atomic E-state index is 0.0609. The number of hydrogen-bond acceptors (Lipinski definition) is 4. The van der Waals surface area contributed by atoms with Crippen LogP contribution in [-0.4, -0.2) is 39.1 Å². The Bertz CT molecular complexity index is 615. The molecule has 24 heavy (non-hydrogen) atoms. The van der Waals surface area contributed by atoms with Crippen molar-refractivity contribution < 1.29 is 19.1 Å². The molecule has 6 nitrogen and oxygen atoms in total. The highest BCUT2D eigenvalue weighted by Crippen LogP contribution is 2.38. The van der Waals surface area contributed by atoms with E-state index in [4.69, 9.17) is 9.47 Å². The van der Waals surface area contributed by atoms with Crippen LogP contribution in [0.15, 0.2) is 30.9 Å². The maximum absolute atomic E-state index is 12.1. The summed E-state index contributed by atoms with van der Waals surface area (Å²) in [6.07, 6.45) is 2.93. The lowest BCUT2D eigenvalue weighted by Crippen LogP contribution is -2.31. The van der Waals surface area contributed by atoms with E-state index in [0.29, 0.717) is 37.4 Å². The number of nitrogens with one attached hydrogen (secondary N) is 2. The molecule has 0 saturated heterocycles. The van der Waals surface area contributed by atoms with Gasteiger partial charge in [0.2, 0.25) is 11.8 Å². The van der Waals surface area contributed by atoms with Gasteiger partial charge in [0.1, 0.15) is 0 Å². The molecule has 1 aromatic rings. The van der Waals surface area contributed by atoms with Crippen molar-refractivity contribution in [2.75, 3.05) is 27.3 Å². The van der Waals surface area contributed by atoms with Crippen LogP contribution in [0, 0.1) is 11.8 Å². The van der Waals surface area contributed by atoms with E-state index in [-0.39, 0.29) is 23.7 Å². The van der Waals surface area contributed by atoms with Crippen LogP contribution in [-0.2, 0) is 16.0 Å². The van der Waals surface area contributed by atoms with Crippen molar-refractivity contribution in [1.82, 2.24) is 10.6 Å². The van der Waals surface area contributed by atoms with Gasteiger partial charge in [-0.15, -0.1) is 6.58 Å². The van der Waals surface area contributed by atoms with Crippen LogP contribution in [0.2, 0.25) is 0 Å². The lowest BCUT2D eigenvalue weighted by atomic mass is 10.1. The molecule has 2 rings (SSSR count). The van der Waals surface area contributed by atoms with E-state index >= 15 is 0 Å². The fraction of sp³-hybridized carbons (Fsp3) is 0.444. The molecule has 0 radical (unpaired) electrons. The summed E-state index contributed by atoms with van der Waals surface area (Å²) >= 11 is 0. The van der Waals surface area contributed by atoms with Gasteiger partial charge in [0.05, 0.1) is 26.1 Å². The Balaban J connectivity index is 1.76. The van der Waals surface area contributed by atoms with Crippen molar-refractivity contribution >= 4 is 11.8 Å². The molecule has 1 aliphatic rings. The van der Waals surface area contributed by atoms with Gasteiger partial charge in [-0.05, 0) is 30.5 Å². The van der Waals surface area contributed by atoms with Crippen LogP contribution in [0.5, 0.6) is 11.5 Å². The molecule has 6 heteroatoms. The van der Waals surface area contributed by atoms with E-state index in [0.717, 1.165) is 5.56 Å². The minimum atomic E-state index is -0.208. The number of ether oxygens (including phenoxy) is 2. The van der Waals surface area contributed by atoms with E-state index in [1.807, 2.05) is 18.2 Å². The summed E-state index contributed by atoms with van der Waals surface area (Å²) in [6.45, 7) is 4.50. The zero-order valence-electron chi connectivity index (χ0n) is 14.1. The standard InChI is InChI=1S/C18H24N2O4/c1-4-8-19-17(21)13-11-14(13)18(22)20-9-7-12-5-6-15(23-2)16(10-12)24-3/h4-6,10,13-14H,1,7-9,11H2,2-3H3,(H,19,21)(H,20,22). The first-order chi connectivity index (χ1) is 11.6. The second kappa shape index (κ2) is 8.38. The summed E-state index contributed by atoms with van der Waals surface area (Å²) < 4.78 is 10.5. The van der Waals surface area contributed by atoms with Crippen molar-refractivity contribution in [3.05, 3.63) is 36.4 Å². The monoisotopic (exact) mass is 332 g/mol. The van der Waals surface area contributed by atoms with Gasteiger partial charge >= 0.3 is 0 Å². The third kappa shape index (κ3) is 4.50. The number of methoxy groups -OCH3 is 2. The van der Waals surface area contributed by atoms with Crippen molar-refractivity contribution in [2.45, 2.75) is 12.8 Å². The third-order valence-electron chi connectivity index (χ3n) is 4.05. The zero-order chi connectivity index (χ0) is 17.5. The Morgan fingerprint density at radius 1 is 1.17 bits per heavy atom. The second-order valence-electron chi connectivity index (χ2n) is 5.71. The van der Waals surface area contributed by atoms with Crippen molar-refractivity contribution in [3.63, 3.8) is 0 Å². The van der Waals surface area contributed by atoms with Gasteiger partial charge in [0.25, 0.3) is 0 Å². The number of amides is 2. The van der Waals surface area contributed by atoms with Gasteiger partial charge in [-0.2, -0.15) is 0 Å². The fourth-order valence-electron chi connectivity index (χ4n) is 2.58. The predicted molar refractivity (Wildman–Crippen MR) is 91.1 cm³/mol. The molecule has 2 atom stereocenters. The Morgan fingerprint density at radius 2 is 1.83 bits per heavy atom.